The number of aromatic nitrogens is 2. The number of rotatable bonds is 2. The number of benzene rings is 1. The summed E-state index contributed by atoms with van der Waals surface area (Å²) in [6.45, 7) is 1.93. The van der Waals surface area contributed by atoms with Crippen LogP contribution in [0.2, 0.25) is 5.02 Å². The molecule has 0 unspecified atom stereocenters. The molecule has 0 aliphatic heterocycles. The maximum Gasteiger partial charge on any atom is 0.243 e. The molecule has 4 nitrogen and oxygen atoms in total. The molecule has 0 spiro atoms. The molecule has 0 saturated heterocycles. The Hall–Kier alpha value is -1.33. The number of ether oxygens (including phenoxy) is 1. The quantitative estimate of drug-likeness (QED) is 0.920. The van der Waals surface area contributed by atoms with Crippen molar-refractivity contribution in [3.8, 4) is 11.6 Å². The summed E-state index contributed by atoms with van der Waals surface area (Å²) in [6, 6.07) is 5.64. The highest BCUT2D eigenvalue weighted by molar-refractivity contribution is 9.10. The molecule has 1 aromatic heterocycles. The highest BCUT2D eigenvalue weighted by Gasteiger charge is 2.10. The highest BCUT2D eigenvalue weighted by Crippen LogP contribution is 2.32. The van der Waals surface area contributed by atoms with Crippen molar-refractivity contribution in [1.82, 2.24) is 9.97 Å². The van der Waals surface area contributed by atoms with Crippen LogP contribution in [0, 0.1) is 6.92 Å². The average Bonchev–Trinajstić information content (AvgIpc) is 2.28. The van der Waals surface area contributed by atoms with Gasteiger partial charge in [-0.05, 0) is 30.7 Å². The van der Waals surface area contributed by atoms with Gasteiger partial charge in [-0.25, -0.2) is 4.98 Å². The van der Waals surface area contributed by atoms with Gasteiger partial charge in [0, 0.05) is 4.47 Å². The largest absolute Gasteiger partial charge is 0.437 e. The third-order valence-electron chi connectivity index (χ3n) is 2.13. The number of nitrogen functional groups attached to an aromatic ring is 1. The average molecular weight is 315 g/mol. The van der Waals surface area contributed by atoms with Crippen molar-refractivity contribution in [1.29, 1.82) is 0 Å². The van der Waals surface area contributed by atoms with Crippen LogP contribution in [0.15, 0.2) is 29.0 Å². The standard InChI is InChI=1S/C11H9BrClN3O/c1-6-4-7(12)2-3-8(6)17-11-9(13)10(14)15-5-16-11/h2-5H,1H3,(H2,14,15,16). The summed E-state index contributed by atoms with van der Waals surface area (Å²) >= 11 is 9.32. The summed E-state index contributed by atoms with van der Waals surface area (Å²) in [5.41, 5.74) is 6.53. The fraction of sp³-hybridized carbons (Fsp3) is 0.0909. The molecule has 88 valence electrons. The van der Waals surface area contributed by atoms with Crippen LogP contribution >= 0.6 is 27.5 Å². The molecule has 1 aromatic carbocycles. The Bertz CT molecular complexity index is 562. The summed E-state index contributed by atoms with van der Waals surface area (Å²) in [6.07, 6.45) is 1.31. The molecular weight excluding hydrogens is 305 g/mol. The van der Waals surface area contributed by atoms with E-state index in [2.05, 4.69) is 25.9 Å². The maximum atomic E-state index is 5.94. The van der Waals surface area contributed by atoms with Crippen LogP contribution in [0.5, 0.6) is 11.6 Å². The number of hydrogen-bond donors (Lipinski definition) is 1. The fourth-order valence-electron chi connectivity index (χ4n) is 1.27. The molecule has 6 heteroatoms. The van der Waals surface area contributed by atoms with Crippen LogP contribution in [-0.2, 0) is 0 Å². The second-order valence-corrected chi connectivity index (χ2v) is 4.68. The van der Waals surface area contributed by atoms with Gasteiger partial charge in [-0.15, -0.1) is 0 Å². The molecule has 2 aromatic rings. The van der Waals surface area contributed by atoms with Gasteiger partial charge < -0.3 is 10.5 Å². The lowest BCUT2D eigenvalue weighted by Crippen LogP contribution is -1.97. The molecule has 0 fully saturated rings. The van der Waals surface area contributed by atoms with Gasteiger partial charge in [0.15, 0.2) is 0 Å². The molecule has 0 amide bonds. The minimum atomic E-state index is 0.200. The van der Waals surface area contributed by atoms with Gasteiger partial charge >= 0.3 is 0 Å². The van der Waals surface area contributed by atoms with E-state index in [1.807, 2.05) is 25.1 Å². The normalized spacial score (nSPS) is 10.3. The second kappa shape index (κ2) is 4.89. The number of nitrogens with zero attached hydrogens (tertiary/aromatic N) is 2. The van der Waals surface area contributed by atoms with E-state index >= 15 is 0 Å². The molecule has 0 saturated carbocycles. The van der Waals surface area contributed by atoms with E-state index in [4.69, 9.17) is 22.1 Å². The molecule has 0 bridgehead atoms. The lowest BCUT2D eigenvalue weighted by atomic mass is 10.2. The van der Waals surface area contributed by atoms with E-state index < -0.39 is 0 Å². The van der Waals surface area contributed by atoms with Gasteiger partial charge in [0.1, 0.15) is 22.9 Å². The van der Waals surface area contributed by atoms with Crippen molar-refractivity contribution in [2.24, 2.45) is 0 Å². The van der Waals surface area contributed by atoms with E-state index in [1.165, 1.54) is 6.33 Å². The van der Waals surface area contributed by atoms with Gasteiger partial charge in [-0.3, -0.25) is 0 Å². The van der Waals surface area contributed by atoms with Gasteiger partial charge in [0.2, 0.25) is 5.88 Å². The first-order valence-corrected chi connectivity index (χ1v) is 5.95. The van der Waals surface area contributed by atoms with Gasteiger partial charge in [-0.2, -0.15) is 4.98 Å². The minimum Gasteiger partial charge on any atom is -0.437 e. The third-order valence-corrected chi connectivity index (χ3v) is 2.98. The van der Waals surface area contributed by atoms with E-state index in [0.717, 1.165) is 10.0 Å². The lowest BCUT2D eigenvalue weighted by molar-refractivity contribution is 0.458. The zero-order valence-electron chi connectivity index (χ0n) is 8.95. The summed E-state index contributed by atoms with van der Waals surface area (Å²) < 4.78 is 6.57. The molecule has 2 rings (SSSR count). The van der Waals surface area contributed by atoms with E-state index in [-0.39, 0.29) is 16.7 Å². The van der Waals surface area contributed by atoms with Crippen LogP contribution in [0.3, 0.4) is 0 Å². The molecule has 0 aliphatic carbocycles. The Kier molecular flexibility index (Phi) is 3.49. The summed E-state index contributed by atoms with van der Waals surface area (Å²) in [5, 5.41) is 0.217. The first kappa shape index (κ1) is 12.1. The molecule has 0 radical (unpaired) electrons. The monoisotopic (exact) mass is 313 g/mol. The zero-order valence-corrected chi connectivity index (χ0v) is 11.3. The van der Waals surface area contributed by atoms with Crippen molar-refractivity contribution >= 4 is 33.3 Å². The van der Waals surface area contributed by atoms with Crippen LogP contribution in [-0.4, -0.2) is 9.97 Å². The molecule has 0 atom stereocenters. The fourth-order valence-corrected chi connectivity index (χ4v) is 1.88. The summed E-state index contributed by atoms with van der Waals surface area (Å²) in [7, 11) is 0. The van der Waals surface area contributed by atoms with Crippen molar-refractivity contribution in [2.45, 2.75) is 6.92 Å². The Morgan fingerprint density at radius 1 is 1.35 bits per heavy atom. The topological polar surface area (TPSA) is 61.0 Å². The Labute approximate surface area is 112 Å². The second-order valence-electron chi connectivity index (χ2n) is 3.39. The maximum absolute atomic E-state index is 5.94. The number of halogens is 2. The zero-order chi connectivity index (χ0) is 12.4. The predicted molar refractivity (Wildman–Crippen MR) is 70.4 cm³/mol. The van der Waals surface area contributed by atoms with Crippen LogP contribution in [0.25, 0.3) is 0 Å². The van der Waals surface area contributed by atoms with E-state index in [0.29, 0.717) is 5.75 Å². The highest BCUT2D eigenvalue weighted by atomic mass is 79.9. The molecule has 2 N–H and O–H groups in total. The first-order valence-electron chi connectivity index (χ1n) is 4.78. The number of hydrogen-bond acceptors (Lipinski definition) is 4. The first-order chi connectivity index (χ1) is 8.08. The number of nitrogens with two attached hydrogens (primary N) is 1. The van der Waals surface area contributed by atoms with Crippen molar-refractivity contribution in [3.63, 3.8) is 0 Å². The lowest BCUT2D eigenvalue weighted by Gasteiger charge is -2.09. The predicted octanol–water partition coefficient (Wildman–Crippen LogP) is 3.58. The SMILES string of the molecule is Cc1cc(Br)ccc1Oc1ncnc(N)c1Cl. The van der Waals surface area contributed by atoms with Gasteiger partial charge in [0.05, 0.1) is 0 Å². The Morgan fingerprint density at radius 2 is 2.12 bits per heavy atom. The summed E-state index contributed by atoms with van der Waals surface area (Å²) in [4.78, 5) is 7.71. The van der Waals surface area contributed by atoms with Gasteiger partial charge in [-0.1, -0.05) is 27.5 Å². The molecule has 17 heavy (non-hydrogen) atoms. The van der Waals surface area contributed by atoms with E-state index in [9.17, 15) is 0 Å². The van der Waals surface area contributed by atoms with Crippen LogP contribution in [0.1, 0.15) is 5.56 Å². The van der Waals surface area contributed by atoms with Crippen molar-refractivity contribution in [3.05, 3.63) is 39.6 Å². The molecular formula is C11H9BrClN3O. The van der Waals surface area contributed by atoms with E-state index in [1.54, 1.807) is 0 Å². The number of aryl methyl sites for hydroxylation is 1. The molecule has 1 heterocycles. The number of anilines is 1. The van der Waals surface area contributed by atoms with Crippen LogP contribution < -0.4 is 10.5 Å². The van der Waals surface area contributed by atoms with Crippen molar-refractivity contribution < 1.29 is 4.74 Å². The smallest absolute Gasteiger partial charge is 0.243 e. The minimum absolute atomic E-state index is 0.200. The third kappa shape index (κ3) is 2.68. The Balaban J connectivity index is 2.35. The van der Waals surface area contributed by atoms with Gasteiger partial charge in [0.25, 0.3) is 0 Å². The van der Waals surface area contributed by atoms with Crippen molar-refractivity contribution in [2.75, 3.05) is 5.73 Å². The summed E-state index contributed by atoms with van der Waals surface area (Å²) in [5.74, 6) is 1.13. The Morgan fingerprint density at radius 3 is 2.82 bits per heavy atom. The van der Waals surface area contributed by atoms with Crippen LogP contribution in [0.4, 0.5) is 5.82 Å². The molecule has 0 aliphatic rings.